The molecule has 0 radical (unpaired) electrons. The van der Waals surface area contributed by atoms with Crippen LogP contribution in [0.1, 0.15) is 13.8 Å². The van der Waals surface area contributed by atoms with Gasteiger partial charge in [0.1, 0.15) is 11.9 Å². The minimum atomic E-state index is -0.299. The molecule has 0 unspecified atom stereocenters. The van der Waals surface area contributed by atoms with Crippen molar-refractivity contribution >= 4 is 11.6 Å². The predicted molar refractivity (Wildman–Crippen MR) is 68.1 cm³/mol. The van der Waals surface area contributed by atoms with Gasteiger partial charge in [0.15, 0.2) is 0 Å². The number of aromatic amines is 1. The Labute approximate surface area is 104 Å². The second-order valence-electron chi connectivity index (χ2n) is 4.00. The topological polar surface area (TPSA) is 79.9 Å². The third-order valence-corrected chi connectivity index (χ3v) is 2.06. The summed E-state index contributed by atoms with van der Waals surface area (Å²) in [4.78, 5) is 13.6. The summed E-state index contributed by atoms with van der Waals surface area (Å²) in [6, 6.07) is 7.36. The number of hydrogen-bond acceptors (Lipinski definition) is 5. The molecule has 0 aliphatic heterocycles. The van der Waals surface area contributed by atoms with E-state index in [1.54, 1.807) is 0 Å². The van der Waals surface area contributed by atoms with Gasteiger partial charge in [0.25, 0.3) is 5.56 Å². The summed E-state index contributed by atoms with van der Waals surface area (Å²) in [5.41, 5.74) is 0.495. The smallest absolute Gasteiger partial charge is 0.271 e. The van der Waals surface area contributed by atoms with E-state index in [4.69, 9.17) is 4.74 Å². The Kier molecular flexibility index (Phi) is 3.57. The molecule has 0 aliphatic rings. The van der Waals surface area contributed by atoms with Gasteiger partial charge < -0.3 is 10.1 Å². The van der Waals surface area contributed by atoms with E-state index in [0.29, 0.717) is 5.95 Å². The molecule has 0 aliphatic carbocycles. The maximum atomic E-state index is 11.0. The number of rotatable bonds is 4. The molecule has 18 heavy (non-hydrogen) atoms. The zero-order chi connectivity index (χ0) is 13.0. The molecule has 1 aromatic carbocycles. The maximum absolute atomic E-state index is 11.0. The fraction of sp³-hybridized carbons (Fsp3) is 0.250. The van der Waals surface area contributed by atoms with E-state index >= 15 is 0 Å². The zero-order valence-corrected chi connectivity index (χ0v) is 10.2. The van der Waals surface area contributed by atoms with Crippen LogP contribution in [0.3, 0.4) is 0 Å². The number of benzene rings is 1. The van der Waals surface area contributed by atoms with Crippen molar-refractivity contribution in [3.05, 3.63) is 40.8 Å². The minimum absolute atomic E-state index is 0.139. The van der Waals surface area contributed by atoms with Gasteiger partial charge in [-0.1, -0.05) is 0 Å². The maximum Gasteiger partial charge on any atom is 0.271 e. The lowest BCUT2D eigenvalue weighted by Gasteiger charge is -2.10. The summed E-state index contributed by atoms with van der Waals surface area (Å²) in [7, 11) is 0. The second-order valence-corrected chi connectivity index (χ2v) is 4.00. The number of nitrogens with zero attached hydrogens (tertiary/aromatic N) is 2. The SMILES string of the molecule is CC(C)Oc1ccc(Nc2nncc(=O)[nH]2)cc1. The molecule has 2 N–H and O–H groups in total. The summed E-state index contributed by atoms with van der Waals surface area (Å²) >= 11 is 0. The Bertz CT molecular complexity index is 563. The van der Waals surface area contributed by atoms with E-state index in [1.807, 2.05) is 38.1 Å². The average Bonchev–Trinajstić information content (AvgIpc) is 2.31. The van der Waals surface area contributed by atoms with Gasteiger partial charge in [-0.15, -0.1) is 10.2 Å². The van der Waals surface area contributed by atoms with Gasteiger partial charge in [-0.05, 0) is 38.1 Å². The van der Waals surface area contributed by atoms with Crippen molar-refractivity contribution in [1.29, 1.82) is 0 Å². The van der Waals surface area contributed by atoms with Gasteiger partial charge in [-0.25, -0.2) is 0 Å². The largest absolute Gasteiger partial charge is 0.491 e. The summed E-state index contributed by atoms with van der Waals surface area (Å²) < 4.78 is 5.52. The molecular weight excluding hydrogens is 232 g/mol. The molecule has 0 bridgehead atoms. The fourth-order valence-corrected chi connectivity index (χ4v) is 1.39. The molecule has 0 amide bonds. The van der Waals surface area contributed by atoms with Crippen molar-refractivity contribution < 1.29 is 4.74 Å². The van der Waals surface area contributed by atoms with E-state index in [-0.39, 0.29) is 11.7 Å². The third kappa shape index (κ3) is 3.31. The molecular formula is C12H14N4O2. The Hall–Kier alpha value is -2.37. The van der Waals surface area contributed by atoms with Crippen LogP contribution in [0.15, 0.2) is 35.3 Å². The molecule has 2 rings (SSSR count). The Balaban J connectivity index is 2.08. The number of H-pyrrole nitrogens is 1. The monoisotopic (exact) mass is 246 g/mol. The molecule has 0 atom stereocenters. The van der Waals surface area contributed by atoms with Crippen LogP contribution < -0.4 is 15.6 Å². The fourth-order valence-electron chi connectivity index (χ4n) is 1.39. The van der Waals surface area contributed by atoms with Crippen LogP contribution in [0.4, 0.5) is 11.6 Å². The summed E-state index contributed by atoms with van der Waals surface area (Å²) in [6.45, 7) is 3.94. The Morgan fingerprint density at radius 2 is 2.00 bits per heavy atom. The molecule has 0 saturated heterocycles. The highest BCUT2D eigenvalue weighted by Gasteiger charge is 2.00. The van der Waals surface area contributed by atoms with Crippen molar-refractivity contribution in [2.24, 2.45) is 0 Å². The van der Waals surface area contributed by atoms with Gasteiger partial charge in [-0.2, -0.15) is 0 Å². The molecule has 6 nitrogen and oxygen atoms in total. The van der Waals surface area contributed by atoms with Crippen LogP contribution in [-0.4, -0.2) is 21.3 Å². The van der Waals surface area contributed by atoms with Crippen molar-refractivity contribution in [1.82, 2.24) is 15.2 Å². The predicted octanol–water partition coefficient (Wildman–Crippen LogP) is 1.70. The number of ether oxygens (including phenoxy) is 1. The van der Waals surface area contributed by atoms with Crippen LogP contribution >= 0.6 is 0 Å². The standard InChI is InChI=1S/C12H14N4O2/c1-8(2)18-10-5-3-9(4-6-10)14-12-15-11(17)7-13-16-12/h3-8H,1-2H3,(H2,14,15,16,17). The van der Waals surface area contributed by atoms with Crippen LogP contribution in [0.2, 0.25) is 0 Å². The van der Waals surface area contributed by atoms with Gasteiger partial charge in [0.05, 0.1) is 6.10 Å². The van der Waals surface area contributed by atoms with Crippen molar-refractivity contribution in [3.63, 3.8) is 0 Å². The van der Waals surface area contributed by atoms with Gasteiger partial charge in [0, 0.05) is 5.69 Å². The quantitative estimate of drug-likeness (QED) is 0.858. The third-order valence-electron chi connectivity index (χ3n) is 2.06. The Morgan fingerprint density at radius 1 is 1.28 bits per heavy atom. The van der Waals surface area contributed by atoms with E-state index in [0.717, 1.165) is 17.6 Å². The van der Waals surface area contributed by atoms with E-state index in [1.165, 1.54) is 0 Å². The molecule has 0 fully saturated rings. The first-order valence-electron chi connectivity index (χ1n) is 5.59. The van der Waals surface area contributed by atoms with Crippen LogP contribution in [0.5, 0.6) is 5.75 Å². The number of hydrogen-bond donors (Lipinski definition) is 2. The lowest BCUT2D eigenvalue weighted by atomic mass is 10.3. The lowest BCUT2D eigenvalue weighted by molar-refractivity contribution is 0.242. The highest BCUT2D eigenvalue weighted by atomic mass is 16.5. The molecule has 2 aromatic rings. The Morgan fingerprint density at radius 3 is 2.61 bits per heavy atom. The summed E-state index contributed by atoms with van der Waals surface area (Å²) in [5, 5.41) is 10.3. The van der Waals surface area contributed by atoms with Gasteiger partial charge in [-0.3, -0.25) is 9.78 Å². The van der Waals surface area contributed by atoms with Gasteiger partial charge >= 0.3 is 0 Å². The van der Waals surface area contributed by atoms with E-state index in [9.17, 15) is 4.79 Å². The normalized spacial score (nSPS) is 10.4. The summed E-state index contributed by atoms with van der Waals surface area (Å²) in [6.07, 6.45) is 1.25. The molecule has 1 aromatic heterocycles. The van der Waals surface area contributed by atoms with Crippen LogP contribution in [0, 0.1) is 0 Å². The number of aromatic nitrogens is 3. The van der Waals surface area contributed by atoms with Crippen LogP contribution in [0.25, 0.3) is 0 Å². The lowest BCUT2D eigenvalue weighted by Crippen LogP contribution is -2.10. The van der Waals surface area contributed by atoms with Gasteiger partial charge in [0.2, 0.25) is 5.95 Å². The molecule has 1 heterocycles. The molecule has 94 valence electrons. The highest BCUT2D eigenvalue weighted by molar-refractivity contribution is 5.53. The highest BCUT2D eigenvalue weighted by Crippen LogP contribution is 2.18. The van der Waals surface area contributed by atoms with Crippen molar-refractivity contribution in [2.45, 2.75) is 20.0 Å². The second kappa shape index (κ2) is 5.31. The molecule has 0 saturated carbocycles. The average molecular weight is 246 g/mol. The zero-order valence-electron chi connectivity index (χ0n) is 10.2. The number of anilines is 2. The molecule has 0 spiro atoms. The first-order valence-corrected chi connectivity index (χ1v) is 5.59. The van der Waals surface area contributed by atoms with E-state index < -0.39 is 0 Å². The molecule has 6 heteroatoms. The first-order chi connectivity index (χ1) is 8.63. The van der Waals surface area contributed by atoms with Crippen LogP contribution in [-0.2, 0) is 0 Å². The van der Waals surface area contributed by atoms with Crippen molar-refractivity contribution in [2.75, 3.05) is 5.32 Å². The minimum Gasteiger partial charge on any atom is -0.491 e. The van der Waals surface area contributed by atoms with Crippen molar-refractivity contribution in [3.8, 4) is 5.75 Å². The first kappa shape index (κ1) is 12.1. The van der Waals surface area contributed by atoms with E-state index in [2.05, 4.69) is 20.5 Å². The summed E-state index contributed by atoms with van der Waals surface area (Å²) in [5.74, 6) is 1.10. The number of nitrogens with one attached hydrogen (secondary N) is 2.